The van der Waals surface area contributed by atoms with E-state index in [1.165, 1.54) is 36.9 Å². The van der Waals surface area contributed by atoms with Crippen molar-refractivity contribution in [1.29, 1.82) is 0 Å². The second-order valence-corrected chi connectivity index (χ2v) is 4.56. The van der Waals surface area contributed by atoms with Gasteiger partial charge in [0.2, 0.25) is 0 Å². The third-order valence-electron chi connectivity index (χ3n) is 3.30. The minimum absolute atomic E-state index is 0.697. The quantitative estimate of drug-likeness (QED) is 0.793. The van der Waals surface area contributed by atoms with E-state index in [1.54, 1.807) is 0 Å². The number of rotatable bonds is 5. The summed E-state index contributed by atoms with van der Waals surface area (Å²) >= 11 is 0. The molecule has 0 aromatic heterocycles. The molecular formula is C14H22N2. The second kappa shape index (κ2) is 5.90. The van der Waals surface area contributed by atoms with E-state index in [9.17, 15) is 0 Å². The Bertz CT molecular complexity index is 316. The zero-order valence-corrected chi connectivity index (χ0v) is 10.1. The lowest BCUT2D eigenvalue weighted by Gasteiger charge is -2.17. The molecule has 2 rings (SSSR count). The molecule has 0 spiro atoms. The van der Waals surface area contributed by atoms with Gasteiger partial charge in [-0.2, -0.15) is 0 Å². The van der Waals surface area contributed by atoms with Crippen LogP contribution in [-0.2, 0) is 6.54 Å². The lowest BCUT2D eigenvalue weighted by atomic mass is 10.1. The summed E-state index contributed by atoms with van der Waals surface area (Å²) in [4.78, 5) is 0. The van der Waals surface area contributed by atoms with Crippen molar-refractivity contribution in [3.63, 3.8) is 0 Å². The van der Waals surface area contributed by atoms with Crippen molar-refractivity contribution in [2.24, 2.45) is 0 Å². The van der Waals surface area contributed by atoms with Gasteiger partial charge in [-0.3, -0.25) is 0 Å². The van der Waals surface area contributed by atoms with Crippen molar-refractivity contribution in [1.82, 2.24) is 5.32 Å². The van der Waals surface area contributed by atoms with Gasteiger partial charge in [-0.15, -0.1) is 0 Å². The predicted molar refractivity (Wildman–Crippen MR) is 69.7 cm³/mol. The summed E-state index contributed by atoms with van der Waals surface area (Å²) in [5.74, 6) is 0. The number of hydrogen-bond donors (Lipinski definition) is 2. The van der Waals surface area contributed by atoms with E-state index in [4.69, 9.17) is 0 Å². The van der Waals surface area contributed by atoms with Gasteiger partial charge in [-0.05, 0) is 31.0 Å². The molecule has 0 amide bonds. The summed E-state index contributed by atoms with van der Waals surface area (Å²) in [6, 6.07) is 9.34. The molecule has 0 heterocycles. The maximum atomic E-state index is 3.68. The van der Waals surface area contributed by atoms with Gasteiger partial charge in [-0.1, -0.05) is 38.0 Å². The molecular weight excluding hydrogens is 196 g/mol. The minimum Gasteiger partial charge on any atom is -0.382 e. The van der Waals surface area contributed by atoms with Gasteiger partial charge in [0.1, 0.15) is 0 Å². The molecule has 16 heavy (non-hydrogen) atoms. The molecule has 2 nitrogen and oxygen atoms in total. The smallest absolute Gasteiger partial charge is 0.0387 e. The Balaban J connectivity index is 2.00. The molecule has 0 bridgehead atoms. The molecule has 0 unspecified atom stereocenters. The van der Waals surface area contributed by atoms with Crippen molar-refractivity contribution < 1.29 is 0 Å². The molecule has 1 saturated carbocycles. The van der Waals surface area contributed by atoms with E-state index in [0.29, 0.717) is 6.04 Å². The van der Waals surface area contributed by atoms with Crippen LogP contribution in [0, 0.1) is 0 Å². The molecule has 88 valence electrons. The lowest BCUT2D eigenvalue weighted by Crippen LogP contribution is -2.18. The summed E-state index contributed by atoms with van der Waals surface area (Å²) in [5, 5.41) is 7.07. The first-order chi connectivity index (χ1) is 7.90. The highest BCUT2D eigenvalue weighted by atomic mass is 14.9. The first kappa shape index (κ1) is 11.5. The number of benzene rings is 1. The predicted octanol–water partition coefficient (Wildman–Crippen LogP) is 3.15. The Morgan fingerprint density at radius 1 is 1.19 bits per heavy atom. The van der Waals surface area contributed by atoms with E-state index in [-0.39, 0.29) is 0 Å². The fourth-order valence-corrected chi connectivity index (χ4v) is 2.36. The van der Waals surface area contributed by atoms with Crippen molar-refractivity contribution >= 4 is 5.69 Å². The van der Waals surface area contributed by atoms with Crippen LogP contribution in [-0.4, -0.2) is 12.6 Å². The molecule has 1 fully saturated rings. The molecule has 1 aliphatic rings. The summed E-state index contributed by atoms with van der Waals surface area (Å²) in [5.41, 5.74) is 2.70. The van der Waals surface area contributed by atoms with E-state index in [2.05, 4.69) is 41.8 Å². The largest absolute Gasteiger partial charge is 0.382 e. The van der Waals surface area contributed by atoms with Crippen molar-refractivity contribution in [3.05, 3.63) is 29.8 Å². The first-order valence-electron chi connectivity index (χ1n) is 6.45. The molecule has 1 aromatic carbocycles. The van der Waals surface area contributed by atoms with Gasteiger partial charge in [0.25, 0.3) is 0 Å². The molecule has 0 saturated heterocycles. The van der Waals surface area contributed by atoms with Gasteiger partial charge >= 0.3 is 0 Å². The van der Waals surface area contributed by atoms with Crippen LogP contribution in [0.5, 0.6) is 0 Å². The zero-order valence-electron chi connectivity index (χ0n) is 10.1. The van der Waals surface area contributed by atoms with Gasteiger partial charge in [0, 0.05) is 18.3 Å². The average molecular weight is 218 g/mol. The monoisotopic (exact) mass is 218 g/mol. The standard InChI is InChI=1S/C14H22N2/c1-2-15-11-12-7-3-6-10-14(12)16-13-8-4-5-9-13/h3,6-7,10,13,15-16H,2,4-5,8-9,11H2,1H3. The molecule has 1 aromatic rings. The Hall–Kier alpha value is -1.02. The maximum Gasteiger partial charge on any atom is 0.0387 e. The zero-order chi connectivity index (χ0) is 11.2. The van der Waals surface area contributed by atoms with Crippen LogP contribution in [0.15, 0.2) is 24.3 Å². The minimum atomic E-state index is 0.697. The van der Waals surface area contributed by atoms with Gasteiger partial charge in [-0.25, -0.2) is 0 Å². The van der Waals surface area contributed by atoms with Crippen LogP contribution in [0.2, 0.25) is 0 Å². The molecule has 0 atom stereocenters. The number of hydrogen-bond acceptors (Lipinski definition) is 2. The SMILES string of the molecule is CCNCc1ccccc1NC1CCCC1. The molecule has 0 aliphatic heterocycles. The first-order valence-corrected chi connectivity index (χ1v) is 6.45. The topological polar surface area (TPSA) is 24.1 Å². The normalized spacial score (nSPS) is 16.6. The molecule has 2 N–H and O–H groups in total. The van der Waals surface area contributed by atoms with Gasteiger partial charge in [0.15, 0.2) is 0 Å². The van der Waals surface area contributed by atoms with Crippen LogP contribution >= 0.6 is 0 Å². The van der Waals surface area contributed by atoms with Crippen molar-refractivity contribution in [3.8, 4) is 0 Å². The maximum absolute atomic E-state index is 3.68. The summed E-state index contributed by atoms with van der Waals surface area (Å²) in [6.07, 6.45) is 5.42. The fraction of sp³-hybridized carbons (Fsp3) is 0.571. The Morgan fingerprint density at radius 3 is 2.69 bits per heavy atom. The fourth-order valence-electron chi connectivity index (χ4n) is 2.36. The van der Waals surface area contributed by atoms with E-state index in [1.807, 2.05) is 0 Å². The van der Waals surface area contributed by atoms with Crippen LogP contribution in [0.25, 0.3) is 0 Å². The number of para-hydroxylation sites is 1. The van der Waals surface area contributed by atoms with Crippen molar-refractivity contribution in [2.75, 3.05) is 11.9 Å². The summed E-state index contributed by atoms with van der Waals surface area (Å²) < 4.78 is 0. The number of nitrogens with one attached hydrogen (secondary N) is 2. The van der Waals surface area contributed by atoms with Crippen LogP contribution in [0.1, 0.15) is 38.2 Å². The van der Waals surface area contributed by atoms with Crippen LogP contribution in [0.4, 0.5) is 5.69 Å². The van der Waals surface area contributed by atoms with Gasteiger partial charge in [0.05, 0.1) is 0 Å². The third kappa shape index (κ3) is 2.99. The summed E-state index contributed by atoms with van der Waals surface area (Å²) in [7, 11) is 0. The molecule has 2 heteroatoms. The van der Waals surface area contributed by atoms with E-state index in [0.717, 1.165) is 13.1 Å². The Kier molecular flexibility index (Phi) is 4.23. The summed E-state index contributed by atoms with van der Waals surface area (Å²) in [6.45, 7) is 4.14. The molecule has 1 aliphatic carbocycles. The van der Waals surface area contributed by atoms with E-state index < -0.39 is 0 Å². The Labute approximate surface area is 98.4 Å². The highest BCUT2D eigenvalue weighted by molar-refractivity contribution is 5.51. The third-order valence-corrected chi connectivity index (χ3v) is 3.30. The lowest BCUT2D eigenvalue weighted by molar-refractivity contribution is 0.718. The second-order valence-electron chi connectivity index (χ2n) is 4.56. The van der Waals surface area contributed by atoms with E-state index >= 15 is 0 Å². The van der Waals surface area contributed by atoms with Crippen LogP contribution < -0.4 is 10.6 Å². The van der Waals surface area contributed by atoms with Crippen LogP contribution in [0.3, 0.4) is 0 Å². The highest BCUT2D eigenvalue weighted by Gasteiger charge is 2.15. The van der Waals surface area contributed by atoms with Gasteiger partial charge < -0.3 is 10.6 Å². The highest BCUT2D eigenvalue weighted by Crippen LogP contribution is 2.24. The van der Waals surface area contributed by atoms with Crippen molar-refractivity contribution in [2.45, 2.75) is 45.2 Å². The Morgan fingerprint density at radius 2 is 1.94 bits per heavy atom. The number of anilines is 1. The molecule has 0 radical (unpaired) electrons. The average Bonchev–Trinajstić information content (AvgIpc) is 2.81.